The van der Waals surface area contributed by atoms with Gasteiger partial charge in [-0.05, 0) is 34.1 Å². The Morgan fingerprint density at radius 1 is 1.33 bits per heavy atom. The van der Waals surface area contributed by atoms with Crippen LogP contribution in [-0.2, 0) is 6.61 Å². The second-order valence-electron chi connectivity index (χ2n) is 3.43. The molecular formula is C12H8BrF2NO2. The number of halogens is 3. The Balaban J connectivity index is 2.37. The van der Waals surface area contributed by atoms with Gasteiger partial charge in [-0.25, -0.2) is 9.37 Å². The minimum Gasteiger partial charge on any atom is -0.435 e. The molecule has 0 saturated carbocycles. The lowest BCUT2D eigenvalue weighted by molar-refractivity contribution is 0.274. The molecule has 94 valence electrons. The molecule has 0 aliphatic heterocycles. The minimum absolute atomic E-state index is 0.0326. The van der Waals surface area contributed by atoms with Crippen LogP contribution in [0.1, 0.15) is 5.56 Å². The summed E-state index contributed by atoms with van der Waals surface area (Å²) in [5.74, 6) is -2.34. The van der Waals surface area contributed by atoms with Crippen molar-refractivity contribution in [2.75, 3.05) is 0 Å². The summed E-state index contributed by atoms with van der Waals surface area (Å²) >= 11 is 3.19. The van der Waals surface area contributed by atoms with Crippen molar-refractivity contribution in [2.45, 2.75) is 6.61 Å². The predicted octanol–water partition coefficient (Wildman–Crippen LogP) is 3.41. The molecule has 2 rings (SSSR count). The SMILES string of the molecule is OCc1cc(Br)cnc1Oc1cccc(F)c1F. The van der Waals surface area contributed by atoms with Gasteiger partial charge in [0.1, 0.15) is 0 Å². The van der Waals surface area contributed by atoms with Crippen LogP contribution in [0.4, 0.5) is 8.78 Å². The average Bonchev–Trinajstić information content (AvgIpc) is 2.37. The molecule has 1 heterocycles. The van der Waals surface area contributed by atoms with E-state index in [-0.39, 0.29) is 18.2 Å². The predicted molar refractivity (Wildman–Crippen MR) is 64.3 cm³/mol. The van der Waals surface area contributed by atoms with Gasteiger partial charge in [0.15, 0.2) is 11.6 Å². The molecule has 0 unspecified atom stereocenters. The summed E-state index contributed by atoms with van der Waals surface area (Å²) in [5, 5.41) is 9.14. The summed E-state index contributed by atoms with van der Waals surface area (Å²) in [6.45, 7) is -0.321. The Labute approximate surface area is 110 Å². The molecule has 0 bridgehead atoms. The zero-order valence-electron chi connectivity index (χ0n) is 9.03. The number of nitrogens with zero attached hydrogens (tertiary/aromatic N) is 1. The quantitative estimate of drug-likeness (QED) is 0.943. The normalized spacial score (nSPS) is 10.4. The van der Waals surface area contributed by atoms with Gasteiger partial charge in [-0.2, -0.15) is 4.39 Å². The number of hydrogen-bond acceptors (Lipinski definition) is 3. The molecule has 2 aromatic rings. The molecule has 0 amide bonds. The zero-order valence-corrected chi connectivity index (χ0v) is 10.6. The van der Waals surface area contributed by atoms with Crippen LogP contribution in [0.2, 0.25) is 0 Å². The van der Waals surface area contributed by atoms with E-state index in [4.69, 9.17) is 9.84 Å². The van der Waals surface area contributed by atoms with Crippen molar-refractivity contribution in [3.8, 4) is 11.6 Å². The lowest BCUT2D eigenvalue weighted by atomic mass is 10.3. The van der Waals surface area contributed by atoms with E-state index in [2.05, 4.69) is 20.9 Å². The molecule has 1 aromatic heterocycles. The molecule has 18 heavy (non-hydrogen) atoms. The van der Waals surface area contributed by atoms with Crippen molar-refractivity contribution in [1.82, 2.24) is 4.98 Å². The van der Waals surface area contributed by atoms with Gasteiger partial charge in [-0.15, -0.1) is 0 Å². The Hall–Kier alpha value is -1.53. The molecule has 1 aromatic carbocycles. The topological polar surface area (TPSA) is 42.4 Å². The third-order valence-electron chi connectivity index (χ3n) is 2.19. The second-order valence-corrected chi connectivity index (χ2v) is 4.35. The number of benzene rings is 1. The van der Waals surface area contributed by atoms with Crippen LogP contribution in [0.3, 0.4) is 0 Å². The van der Waals surface area contributed by atoms with Gasteiger partial charge < -0.3 is 9.84 Å². The fourth-order valence-electron chi connectivity index (χ4n) is 1.34. The van der Waals surface area contributed by atoms with Crippen LogP contribution in [0.5, 0.6) is 11.6 Å². The highest BCUT2D eigenvalue weighted by atomic mass is 79.9. The van der Waals surface area contributed by atoms with Crippen LogP contribution in [-0.4, -0.2) is 10.1 Å². The lowest BCUT2D eigenvalue weighted by Gasteiger charge is -2.09. The highest BCUT2D eigenvalue weighted by Gasteiger charge is 2.13. The Morgan fingerprint density at radius 3 is 2.83 bits per heavy atom. The van der Waals surface area contributed by atoms with E-state index in [1.165, 1.54) is 18.3 Å². The fraction of sp³-hybridized carbons (Fsp3) is 0.0833. The molecule has 0 fully saturated rings. The first kappa shape index (κ1) is 12.9. The number of aromatic nitrogens is 1. The Morgan fingerprint density at radius 2 is 2.11 bits per heavy atom. The van der Waals surface area contributed by atoms with Gasteiger partial charge in [-0.1, -0.05) is 6.07 Å². The molecule has 3 nitrogen and oxygen atoms in total. The van der Waals surface area contributed by atoms with Crippen LogP contribution in [0.15, 0.2) is 34.9 Å². The maximum atomic E-state index is 13.4. The van der Waals surface area contributed by atoms with Crippen molar-refractivity contribution in [3.05, 3.63) is 52.1 Å². The molecule has 0 aliphatic rings. The third-order valence-corrected chi connectivity index (χ3v) is 2.62. The van der Waals surface area contributed by atoms with E-state index in [1.54, 1.807) is 6.07 Å². The van der Waals surface area contributed by atoms with E-state index in [1.807, 2.05) is 0 Å². The smallest absolute Gasteiger partial charge is 0.224 e. The van der Waals surface area contributed by atoms with Gasteiger partial charge in [-0.3, -0.25) is 0 Å². The number of hydrogen-bond donors (Lipinski definition) is 1. The van der Waals surface area contributed by atoms with Crippen LogP contribution in [0.25, 0.3) is 0 Å². The molecule has 0 aliphatic carbocycles. The van der Waals surface area contributed by atoms with E-state index in [0.717, 1.165) is 6.07 Å². The number of ether oxygens (including phenoxy) is 1. The van der Waals surface area contributed by atoms with Crippen molar-refractivity contribution in [2.24, 2.45) is 0 Å². The minimum atomic E-state index is -1.09. The number of aliphatic hydroxyl groups excluding tert-OH is 1. The van der Waals surface area contributed by atoms with E-state index in [9.17, 15) is 8.78 Å². The van der Waals surface area contributed by atoms with E-state index in [0.29, 0.717) is 10.0 Å². The highest BCUT2D eigenvalue weighted by molar-refractivity contribution is 9.10. The maximum Gasteiger partial charge on any atom is 0.224 e. The summed E-state index contributed by atoms with van der Waals surface area (Å²) in [6.07, 6.45) is 1.44. The average molecular weight is 316 g/mol. The summed E-state index contributed by atoms with van der Waals surface area (Å²) < 4.78 is 32.2. The largest absolute Gasteiger partial charge is 0.435 e. The summed E-state index contributed by atoms with van der Waals surface area (Å²) in [7, 11) is 0. The molecule has 0 radical (unpaired) electrons. The first-order valence-electron chi connectivity index (χ1n) is 4.99. The molecular weight excluding hydrogens is 308 g/mol. The lowest BCUT2D eigenvalue weighted by Crippen LogP contribution is -1.97. The molecule has 6 heteroatoms. The number of rotatable bonds is 3. The molecule has 0 atom stereocenters. The van der Waals surface area contributed by atoms with Crippen molar-refractivity contribution in [3.63, 3.8) is 0 Å². The third kappa shape index (κ3) is 2.65. The van der Waals surface area contributed by atoms with Crippen LogP contribution < -0.4 is 4.74 Å². The molecule has 0 spiro atoms. The van der Waals surface area contributed by atoms with E-state index < -0.39 is 11.6 Å². The van der Waals surface area contributed by atoms with Crippen LogP contribution in [0, 0.1) is 11.6 Å². The molecule has 0 saturated heterocycles. The van der Waals surface area contributed by atoms with Gasteiger partial charge in [0.25, 0.3) is 0 Å². The summed E-state index contributed by atoms with van der Waals surface area (Å²) in [5.41, 5.74) is 0.369. The van der Waals surface area contributed by atoms with E-state index >= 15 is 0 Å². The zero-order chi connectivity index (χ0) is 13.1. The van der Waals surface area contributed by atoms with Crippen molar-refractivity contribution in [1.29, 1.82) is 0 Å². The number of pyridine rings is 1. The van der Waals surface area contributed by atoms with Gasteiger partial charge in [0, 0.05) is 16.2 Å². The van der Waals surface area contributed by atoms with Crippen molar-refractivity contribution >= 4 is 15.9 Å². The Bertz CT molecular complexity index is 578. The highest BCUT2D eigenvalue weighted by Crippen LogP contribution is 2.28. The monoisotopic (exact) mass is 315 g/mol. The number of aliphatic hydroxyl groups is 1. The van der Waals surface area contributed by atoms with Crippen LogP contribution >= 0.6 is 15.9 Å². The Kier molecular flexibility index (Phi) is 3.88. The van der Waals surface area contributed by atoms with Gasteiger partial charge >= 0.3 is 0 Å². The van der Waals surface area contributed by atoms with Gasteiger partial charge in [0.2, 0.25) is 11.7 Å². The van der Waals surface area contributed by atoms with Crippen molar-refractivity contribution < 1.29 is 18.6 Å². The van der Waals surface area contributed by atoms with Gasteiger partial charge in [0.05, 0.1) is 6.61 Å². The fourth-order valence-corrected chi connectivity index (χ4v) is 1.72. The first-order valence-corrected chi connectivity index (χ1v) is 5.78. The molecule has 1 N–H and O–H groups in total. The summed E-state index contributed by atoms with van der Waals surface area (Å²) in [6, 6.07) is 5.18. The summed E-state index contributed by atoms with van der Waals surface area (Å²) in [4.78, 5) is 3.90. The second kappa shape index (κ2) is 5.41. The standard InChI is InChI=1S/C12H8BrF2NO2/c13-8-4-7(6-17)12(16-5-8)18-10-3-1-2-9(14)11(10)15/h1-5,17H,6H2. The first-order chi connectivity index (χ1) is 8.61. The maximum absolute atomic E-state index is 13.4.